The highest BCUT2D eigenvalue weighted by atomic mass is 15.1. The molecule has 43 heavy (non-hydrogen) atoms. The van der Waals surface area contributed by atoms with Crippen LogP contribution < -0.4 is 4.90 Å². The molecule has 0 heterocycles. The molecule has 0 aliphatic heterocycles. The lowest BCUT2D eigenvalue weighted by Gasteiger charge is -2.27. The normalized spacial score (nSPS) is 11.2. The molecule has 0 unspecified atom stereocenters. The van der Waals surface area contributed by atoms with E-state index < -0.39 is 0 Å². The second kappa shape index (κ2) is 13.8. The summed E-state index contributed by atoms with van der Waals surface area (Å²) in [6.07, 6.45) is 9.36. The fourth-order valence-electron chi connectivity index (χ4n) is 5.15. The van der Waals surface area contributed by atoms with Gasteiger partial charge in [0.05, 0.1) is 0 Å². The first kappa shape index (κ1) is 28.9. The zero-order chi connectivity index (χ0) is 30.0. The van der Waals surface area contributed by atoms with Crippen LogP contribution in [0.3, 0.4) is 0 Å². The molecule has 5 aromatic rings. The second-order valence-corrected chi connectivity index (χ2v) is 10.1. The van der Waals surface area contributed by atoms with Crippen molar-refractivity contribution in [2.24, 2.45) is 0 Å². The van der Waals surface area contributed by atoms with Crippen LogP contribution in [0.25, 0.3) is 27.8 Å². The monoisotopic (exact) mass is 553 g/mol. The summed E-state index contributed by atoms with van der Waals surface area (Å²) in [5.41, 5.74) is 11.5. The summed E-state index contributed by atoms with van der Waals surface area (Å²) in [6.45, 7) is 16.5. The summed E-state index contributed by atoms with van der Waals surface area (Å²) in [7, 11) is 0. The molecule has 0 aliphatic rings. The molecule has 0 aliphatic carbocycles. The first-order chi connectivity index (χ1) is 21.1. The molecule has 0 aromatic heterocycles. The zero-order valence-electron chi connectivity index (χ0n) is 24.4. The van der Waals surface area contributed by atoms with Crippen LogP contribution in [0.5, 0.6) is 0 Å². The van der Waals surface area contributed by atoms with Gasteiger partial charge in [0.1, 0.15) is 0 Å². The maximum absolute atomic E-state index is 4.41. The van der Waals surface area contributed by atoms with Gasteiger partial charge in [-0.15, -0.1) is 0 Å². The highest BCUT2D eigenvalue weighted by Gasteiger charge is 2.18. The number of para-hydroxylation sites is 1. The Labute approximate surface area is 256 Å². The molecule has 5 aromatic carbocycles. The van der Waals surface area contributed by atoms with Gasteiger partial charge in [-0.25, -0.2) is 0 Å². The Morgan fingerprint density at radius 2 is 1.07 bits per heavy atom. The lowest BCUT2D eigenvalue weighted by Crippen LogP contribution is -2.10. The second-order valence-electron chi connectivity index (χ2n) is 10.1. The standard InChI is InChI=1S/C42H35N/c1-5-7-18-32(3)33(4)40(17-6-2)41-30-29-39(31-42(41)36-21-13-9-14-22-36)43(37-23-15-10-16-24-37)38-27-25-35(26-28-38)34-19-11-8-12-20-34/h5-31H,1-4H2/b18-7-,40-17+. The van der Waals surface area contributed by atoms with Crippen LogP contribution in [0, 0.1) is 0 Å². The number of allylic oxidation sites excluding steroid dienone is 8. The molecule has 0 fully saturated rings. The molecule has 1 heteroatoms. The van der Waals surface area contributed by atoms with Gasteiger partial charge in [-0.1, -0.05) is 154 Å². The van der Waals surface area contributed by atoms with Crippen molar-refractivity contribution >= 4 is 22.6 Å². The van der Waals surface area contributed by atoms with Crippen molar-refractivity contribution in [3.63, 3.8) is 0 Å². The smallest absolute Gasteiger partial charge is 0.0468 e. The highest BCUT2D eigenvalue weighted by Crippen LogP contribution is 2.41. The van der Waals surface area contributed by atoms with Crippen LogP contribution in [0.1, 0.15) is 5.56 Å². The summed E-state index contributed by atoms with van der Waals surface area (Å²) in [4.78, 5) is 2.29. The third-order valence-electron chi connectivity index (χ3n) is 7.31. The average Bonchev–Trinajstić information content (AvgIpc) is 3.07. The van der Waals surface area contributed by atoms with Crippen molar-refractivity contribution in [2.45, 2.75) is 0 Å². The first-order valence-corrected chi connectivity index (χ1v) is 14.3. The van der Waals surface area contributed by atoms with E-state index in [1.54, 1.807) is 12.2 Å². The fraction of sp³-hybridized carbons (Fsp3) is 0. The van der Waals surface area contributed by atoms with Crippen LogP contribution in [-0.2, 0) is 0 Å². The van der Waals surface area contributed by atoms with Crippen LogP contribution in [-0.4, -0.2) is 0 Å². The summed E-state index contributed by atoms with van der Waals surface area (Å²) in [5, 5.41) is 0. The number of nitrogens with zero attached hydrogens (tertiary/aromatic N) is 1. The Hall–Kier alpha value is -5.66. The number of benzene rings is 5. The van der Waals surface area contributed by atoms with Crippen molar-refractivity contribution in [1.29, 1.82) is 0 Å². The average molecular weight is 554 g/mol. The Bertz CT molecular complexity index is 1790. The predicted molar refractivity (Wildman–Crippen MR) is 188 cm³/mol. The highest BCUT2D eigenvalue weighted by molar-refractivity contribution is 5.94. The number of hydrogen-bond acceptors (Lipinski definition) is 1. The minimum absolute atomic E-state index is 0.820. The van der Waals surface area contributed by atoms with E-state index in [0.29, 0.717) is 0 Å². The van der Waals surface area contributed by atoms with Crippen molar-refractivity contribution in [1.82, 2.24) is 0 Å². The molecule has 0 saturated carbocycles. The minimum Gasteiger partial charge on any atom is -0.310 e. The number of rotatable bonds is 11. The van der Waals surface area contributed by atoms with Gasteiger partial charge >= 0.3 is 0 Å². The van der Waals surface area contributed by atoms with Gasteiger partial charge < -0.3 is 4.90 Å². The molecule has 208 valence electrons. The van der Waals surface area contributed by atoms with Crippen LogP contribution >= 0.6 is 0 Å². The predicted octanol–water partition coefficient (Wildman–Crippen LogP) is 11.9. The van der Waals surface area contributed by atoms with Gasteiger partial charge in [0, 0.05) is 17.1 Å². The Balaban J connectivity index is 1.66. The van der Waals surface area contributed by atoms with Crippen LogP contribution in [0.15, 0.2) is 201 Å². The van der Waals surface area contributed by atoms with Gasteiger partial charge in [0.15, 0.2) is 0 Å². The van der Waals surface area contributed by atoms with E-state index in [-0.39, 0.29) is 0 Å². The summed E-state index contributed by atoms with van der Waals surface area (Å²) in [6, 6.07) is 46.8. The molecular formula is C42H35N. The van der Waals surface area contributed by atoms with Gasteiger partial charge in [0.2, 0.25) is 0 Å². The largest absolute Gasteiger partial charge is 0.310 e. The molecule has 0 bridgehead atoms. The summed E-state index contributed by atoms with van der Waals surface area (Å²) in [5.74, 6) is 0. The van der Waals surface area contributed by atoms with Gasteiger partial charge in [-0.3, -0.25) is 0 Å². The van der Waals surface area contributed by atoms with E-state index in [0.717, 1.165) is 50.5 Å². The van der Waals surface area contributed by atoms with E-state index in [4.69, 9.17) is 0 Å². The van der Waals surface area contributed by atoms with E-state index in [1.807, 2.05) is 36.4 Å². The molecule has 0 saturated heterocycles. The van der Waals surface area contributed by atoms with E-state index in [9.17, 15) is 0 Å². The molecule has 0 atom stereocenters. The van der Waals surface area contributed by atoms with E-state index in [1.165, 1.54) is 11.1 Å². The lowest BCUT2D eigenvalue weighted by molar-refractivity contribution is 1.28. The van der Waals surface area contributed by atoms with Crippen LogP contribution in [0.4, 0.5) is 17.1 Å². The van der Waals surface area contributed by atoms with Crippen molar-refractivity contribution in [3.05, 3.63) is 207 Å². The maximum atomic E-state index is 4.41. The third-order valence-corrected chi connectivity index (χ3v) is 7.31. The van der Waals surface area contributed by atoms with Gasteiger partial charge in [-0.05, 0) is 80.9 Å². The fourth-order valence-corrected chi connectivity index (χ4v) is 5.15. The molecule has 5 rings (SSSR count). The molecule has 0 N–H and O–H groups in total. The SMILES string of the molecule is C=C/C=C\C(=C)C(=C)/C(=C\C=C)c1ccc(N(c2ccccc2)c2ccc(-c3ccccc3)cc2)cc1-c1ccccc1. The molecule has 0 radical (unpaired) electrons. The minimum atomic E-state index is 0.820. The van der Waals surface area contributed by atoms with Gasteiger partial charge in [-0.2, -0.15) is 0 Å². The van der Waals surface area contributed by atoms with E-state index >= 15 is 0 Å². The van der Waals surface area contributed by atoms with E-state index in [2.05, 4.69) is 146 Å². The van der Waals surface area contributed by atoms with Crippen molar-refractivity contribution in [2.75, 3.05) is 4.90 Å². The Kier molecular flexibility index (Phi) is 9.26. The lowest BCUT2D eigenvalue weighted by atomic mass is 9.87. The topological polar surface area (TPSA) is 3.24 Å². The molecule has 0 spiro atoms. The Morgan fingerprint density at radius 3 is 1.67 bits per heavy atom. The van der Waals surface area contributed by atoms with Crippen molar-refractivity contribution < 1.29 is 0 Å². The Morgan fingerprint density at radius 1 is 0.535 bits per heavy atom. The van der Waals surface area contributed by atoms with Crippen LogP contribution in [0.2, 0.25) is 0 Å². The summed E-state index contributed by atoms with van der Waals surface area (Å²) < 4.78 is 0. The summed E-state index contributed by atoms with van der Waals surface area (Å²) >= 11 is 0. The number of hydrogen-bond donors (Lipinski definition) is 0. The molecule has 0 amide bonds. The van der Waals surface area contributed by atoms with Gasteiger partial charge in [0.25, 0.3) is 0 Å². The maximum Gasteiger partial charge on any atom is 0.0468 e. The third kappa shape index (κ3) is 6.64. The molecule has 1 nitrogen and oxygen atoms in total. The first-order valence-electron chi connectivity index (χ1n) is 14.3. The quantitative estimate of drug-likeness (QED) is 0.147. The number of anilines is 3. The van der Waals surface area contributed by atoms with Crippen molar-refractivity contribution in [3.8, 4) is 22.3 Å². The molecular weight excluding hydrogens is 518 g/mol. The zero-order valence-corrected chi connectivity index (χ0v) is 24.4.